The third-order valence-electron chi connectivity index (χ3n) is 8.38. The summed E-state index contributed by atoms with van der Waals surface area (Å²) in [5, 5.41) is 20.2. The summed E-state index contributed by atoms with van der Waals surface area (Å²) in [4.78, 5) is 20.2. The standard InChI is InChI=1S/2C12H24O2.2C8H17.2Sn/c2*1-2-3-4-5-6-7-8-9-10-11-12(13)14;2*1-3-5-7-8-6-4-2;;/h2*2-11H2,1H3,(H,13,14);2*1,3-8H2,2H3;;/q;;;;+2;+4/p-2. The molecule has 0 rings (SSSR count). The van der Waals surface area contributed by atoms with Crippen LogP contribution in [0.25, 0.3) is 0 Å². The number of carboxylic acids is 2. The van der Waals surface area contributed by atoms with Gasteiger partial charge in [0.05, 0.1) is 0 Å². The van der Waals surface area contributed by atoms with Crippen LogP contribution in [0.1, 0.15) is 233 Å². The number of unbranched alkanes of at least 4 members (excludes halogenated alkanes) is 26. The molecular formula is C40H80O4Sn2+4. The van der Waals surface area contributed by atoms with Crippen molar-refractivity contribution < 1.29 is 19.8 Å². The summed E-state index contributed by atoms with van der Waals surface area (Å²) in [6, 6.07) is 0. The number of aliphatic carboxylic acids is 2. The van der Waals surface area contributed by atoms with Crippen LogP contribution in [0.2, 0.25) is 8.87 Å². The fraction of sp³-hybridized carbons (Fsp3) is 0.950. The van der Waals surface area contributed by atoms with E-state index in [-0.39, 0.29) is 57.9 Å². The first kappa shape index (κ1) is 53.3. The second kappa shape index (κ2) is 52.4. The summed E-state index contributed by atoms with van der Waals surface area (Å²) >= 11 is 0.0736. The maximum Gasteiger partial charge on any atom is 4.00 e. The number of hydrogen-bond donors (Lipinski definition) is 0. The molecule has 0 aromatic heterocycles. The van der Waals surface area contributed by atoms with E-state index in [1.807, 2.05) is 0 Å². The van der Waals surface area contributed by atoms with Gasteiger partial charge in [-0.25, -0.2) is 0 Å². The molecule has 0 spiro atoms. The van der Waals surface area contributed by atoms with Crippen LogP contribution in [-0.4, -0.2) is 57.0 Å². The topological polar surface area (TPSA) is 80.3 Å². The molecule has 0 N–H and O–H groups in total. The van der Waals surface area contributed by atoms with Gasteiger partial charge < -0.3 is 19.8 Å². The van der Waals surface area contributed by atoms with Crippen LogP contribution < -0.4 is 10.2 Å². The van der Waals surface area contributed by atoms with Crippen molar-refractivity contribution in [3.05, 3.63) is 0 Å². The van der Waals surface area contributed by atoms with Gasteiger partial charge in [0.25, 0.3) is 0 Å². The van der Waals surface area contributed by atoms with Gasteiger partial charge in [0, 0.05) is 11.9 Å². The predicted octanol–water partition coefficient (Wildman–Crippen LogP) is 11.2. The Balaban J connectivity index is -0.000000286. The SMILES string of the molecule is CCCCCCCCCCCC(=O)[O-].CCCCCCCCCCCC(=O)[O-].CCCCCCC[CH2][Sn+2][CH2]CCCCCCC.[Sn+4]. The monoisotopic (exact) mass is 864 g/mol. The minimum atomic E-state index is -0.909. The first-order valence-electron chi connectivity index (χ1n) is 20.1. The molecule has 0 aliphatic rings. The molecule has 0 saturated carbocycles. The zero-order valence-electron chi connectivity index (χ0n) is 31.7. The van der Waals surface area contributed by atoms with Gasteiger partial charge in [-0.2, -0.15) is 0 Å². The van der Waals surface area contributed by atoms with Crippen molar-refractivity contribution in [2.24, 2.45) is 0 Å². The minimum Gasteiger partial charge on any atom is 4.00 e. The van der Waals surface area contributed by atoms with E-state index in [0.717, 1.165) is 25.7 Å². The van der Waals surface area contributed by atoms with E-state index in [0.29, 0.717) is 0 Å². The van der Waals surface area contributed by atoms with Crippen LogP contribution in [0.4, 0.5) is 0 Å². The van der Waals surface area contributed by atoms with Crippen molar-refractivity contribution in [2.75, 3.05) is 0 Å². The molecule has 0 atom stereocenters. The smallest absolute Gasteiger partial charge is 4.00 e. The van der Waals surface area contributed by atoms with Crippen LogP contribution in [0.5, 0.6) is 0 Å². The molecular weight excluding hydrogens is 782 g/mol. The number of carbonyl (C=O) groups excluding carboxylic acids is 2. The van der Waals surface area contributed by atoms with Gasteiger partial charge >= 0.3 is 145 Å². The Bertz CT molecular complexity index is 499. The van der Waals surface area contributed by atoms with E-state index >= 15 is 0 Å². The third-order valence-corrected chi connectivity index (χ3v) is 12.4. The first-order valence-corrected chi connectivity index (χ1v) is 24.1. The van der Waals surface area contributed by atoms with Gasteiger partial charge in [0.2, 0.25) is 0 Å². The van der Waals surface area contributed by atoms with Crippen LogP contribution in [0, 0.1) is 0 Å². The Labute approximate surface area is 316 Å². The van der Waals surface area contributed by atoms with Crippen molar-refractivity contribution in [1.82, 2.24) is 0 Å². The van der Waals surface area contributed by atoms with E-state index in [1.54, 1.807) is 21.7 Å². The van der Waals surface area contributed by atoms with E-state index in [4.69, 9.17) is 0 Å². The van der Waals surface area contributed by atoms with Crippen LogP contribution in [0.15, 0.2) is 0 Å². The average molecular weight is 862 g/mol. The van der Waals surface area contributed by atoms with Crippen molar-refractivity contribution in [3.8, 4) is 0 Å². The zero-order chi connectivity index (χ0) is 33.9. The molecule has 6 heteroatoms. The number of carboxylic acid groups (broad SMARTS) is 2. The molecule has 0 radical (unpaired) electrons. The normalized spacial score (nSPS) is 10.2. The summed E-state index contributed by atoms with van der Waals surface area (Å²) in [6.07, 6.45) is 40.2. The molecule has 0 aliphatic carbocycles. The molecule has 0 fully saturated rings. The van der Waals surface area contributed by atoms with Crippen molar-refractivity contribution in [1.29, 1.82) is 0 Å². The molecule has 0 unspecified atom stereocenters. The van der Waals surface area contributed by atoms with Gasteiger partial charge in [0.15, 0.2) is 0 Å². The molecule has 0 saturated heterocycles. The third kappa shape index (κ3) is 63.2. The Hall–Kier alpha value is 0.537. The number of carbonyl (C=O) groups is 2. The summed E-state index contributed by atoms with van der Waals surface area (Å²) in [6.45, 7) is 9.05. The molecule has 0 amide bonds. The minimum absolute atomic E-state index is 0. The first-order chi connectivity index (χ1) is 22.0. The predicted molar refractivity (Wildman–Crippen MR) is 202 cm³/mol. The van der Waals surface area contributed by atoms with Crippen molar-refractivity contribution >= 4 is 57.0 Å². The van der Waals surface area contributed by atoms with Crippen LogP contribution >= 0.6 is 0 Å². The molecule has 0 bridgehead atoms. The summed E-state index contributed by atoms with van der Waals surface area (Å²) in [5.74, 6) is -1.82. The average Bonchev–Trinajstić information content (AvgIpc) is 3.02. The van der Waals surface area contributed by atoms with Gasteiger partial charge in [-0.05, 0) is 25.7 Å². The molecule has 0 aromatic carbocycles. The van der Waals surface area contributed by atoms with Crippen LogP contribution in [0.3, 0.4) is 0 Å². The fourth-order valence-electron chi connectivity index (χ4n) is 5.35. The number of hydrogen-bond acceptors (Lipinski definition) is 4. The molecule has 268 valence electrons. The zero-order valence-corrected chi connectivity index (χ0v) is 37.4. The fourth-order valence-corrected chi connectivity index (χ4v) is 8.91. The Morgan fingerprint density at radius 2 is 0.543 bits per heavy atom. The van der Waals surface area contributed by atoms with E-state index in [2.05, 4.69) is 27.7 Å². The van der Waals surface area contributed by atoms with E-state index in [9.17, 15) is 19.8 Å². The van der Waals surface area contributed by atoms with Crippen molar-refractivity contribution in [2.45, 2.75) is 242 Å². The molecule has 0 aliphatic heterocycles. The molecule has 0 heterocycles. The van der Waals surface area contributed by atoms with Gasteiger partial charge in [-0.1, -0.05) is 117 Å². The Kier molecular flexibility index (Phi) is 60.7. The van der Waals surface area contributed by atoms with E-state index in [1.165, 1.54) is 154 Å². The van der Waals surface area contributed by atoms with E-state index < -0.39 is 11.9 Å². The molecule has 46 heavy (non-hydrogen) atoms. The summed E-state index contributed by atoms with van der Waals surface area (Å²) < 4.78 is 3.31. The quantitative estimate of drug-likeness (QED) is 0.0477. The summed E-state index contributed by atoms with van der Waals surface area (Å²) in [5.41, 5.74) is 0. The number of rotatable bonds is 34. The largest absolute Gasteiger partial charge is 4.00 e. The summed E-state index contributed by atoms with van der Waals surface area (Å²) in [7, 11) is 0. The van der Waals surface area contributed by atoms with Gasteiger partial charge in [-0.15, -0.1) is 0 Å². The second-order valence-corrected chi connectivity index (χ2v) is 17.5. The van der Waals surface area contributed by atoms with Gasteiger partial charge in [-0.3, -0.25) is 0 Å². The van der Waals surface area contributed by atoms with Gasteiger partial charge in [0.1, 0.15) is 0 Å². The maximum atomic E-state index is 10.1. The van der Waals surface area contributed by atoms with Crippen molar-refractivity contribution in [3.63, 3.8) is 0 Å². The van der Waals surface area contributed by atoms with Crippen LogP contribution in [-0.2, 0) is 9.59 Å². The molecule has 4 nitrogen and oxygen atoms in total. The maximum absolute atomic E-state index is 10.1. The second-order valence-electron chi connectivity index (χ2n) is 13.2. The molecule has 0 aromatic rings. The Morgan fingerprint density at radius 1 is 0.348 bits per heavy atom. The Morgan fingerprint density at radius 3 is 0.761 bits per heavy atom.